The number of aliphatic hydroxyl groups excluding tert-OH is 1. The number of hydrogen-bond donors (Lipinski definition) is 4. The Bertz CT molecular complexity index is 355. The maximum atomic E-state index is 11.7. The van der Waals surface area contributed by atoms with Crippen LogP contribution in [0.5, 0.6) is 0 Å². The van der Waals surface area contributed by atoms with Gasteiger partial charge in [-0.2, -0.15) is 31.0 Å². The Balaban J connectivity index is 4.46. The van der Waals surface area contributed by atoms with Crippen LogP contribution in [-0.2, 0) is 15.0 Å². The Morgan fingerprint density at radius 3 is 2.24 bits per heavy atom. The minimum Gasteiger partial charge on any atom is -0.480 e. The van der Waals surface area contributed by atoms with Crippen LogP contribution in [0.1, 0.15) is 6.42 Å². The van der Waals surface area contributed by atoms with Crippen molar-refractivity contribution >= 4 is 16.2 Å². The van der Waals surface area contributed by atoms with Gasteiger partial charge in [0, 0.05) is 6.61 Å². The zero-order chi connectivity index (χ0) is 13.7. The summed E-state index contributed by atoms with van der Waals surface area (Å²) >= 11 is 0. The third-order valence-electron chi connectivity index (χ3n) is 1.48. The first-order valence-corrected chi connectivity index (χ1v) is 5.73. The molecule has 0 aliphatic rings. The summed E-state index contributed by atoms with van der Waals surface area (Å²) in [6.07, 6.45) is -5.20. The first-order chi connectivity index (χ1) is 7.57. The molecule has 0 rings (SSSR count). The van der Waals surface area contributed by atoms with Gasteiger partial charge >= 0.3 is 12.1 Å². The van der Waals surface area contributed by atoms with Gasteiger partial charge in [-0.05, 0) is 6.42 Å². The fraction of sp³-hybridized carbons (Fsp3) is 0.833. The highest BCUT2D eigenvalue weighted by molar-refractivity contribution is 7.87. The molecule has 1 unspecified atom stereocenters. The van der Waals surface area contributed by atoms with E-state index in [0.29, 0.717) is 0 Å². The molecule has 4 N–H and O–H groups in total. The molecule has 0 saturated carbocycles. The number of aliphatic carboxylic acids is 1. The molecule has 0 aromatic heterocycles. The Labute approximate surface area is 94.8 Å². The molecule has 11 heteroatoms. The Hall–Kier alpha value is -0.910. The molecule has 0 amide bonds. The predicted molar refractivity (Wildman–Crippen MR) is 49.2 cm³/mol. The molecule has 0 heterocycles. The average molecular weight is 280 g/mol. The van der Waals surface area contributed by atoms with Crippen molar-refractivity contribution in [2.45, 2.75) is 18.6 Å². The summed E-state index contributed by atoms with van der Waals surface area (Å²) in [5.74, 6) is -1.60. The fourth-order valence-corrected chi connectivity index (χ4v) is 1.80. The van der Waals surface area contributed by atoms with Gasteiger partial charge in [-0.3, -0.25) is 4.79 Å². The lowest BCUT2D eigenvalue weighted by atomic mass is 10.2. The number of rotatable bonds is 7. The largest absolute Gasteiger partial charge is 0.480 e. The summed E-state index contributed by atoms with van der Waals surface area (Å²) in [7, 11) is -4.59. The van der Waals surface area contributed by atoms with Crippen LogP contribution in [0.4, 0.5) is 13.2 Å². The van der Waals surface area contributed by atoms with Crippen molar-refractivity contribution in [1.82, 2.24) is 9.44 Å². The van der Waals surface area contributed by atoms with Gasteiger partial charge < -0.3 is 10.2 Å². The summed E-state index contributed by atoms with van der Waals surface area (Å²) in [5.41, 5.74) is 0. The molecular formula is C6H11F3N2O5S. The van der Waals surface area contributed by atoms with Gasteiger partial charge in [-0.1, -0.05) is 0 Å². The molecule has 0 aliphatic carbocycles. The Kier molecular flexibility index (Phi) is 5.81. The highest BCUT2D eigenvalue weighted by Crippen LogP contribution is 2.12. The van der Waals surface area contributed by atoms with Crippen molar-refractivity contribution in [2.24, 2.45) is 0 Å². The number of alkyl halides is 3. The Morgan fingerprint density at radius 2 is 1.88 bits per heavy atom. The monoisotopic (exact) mass is 280 g/mol. The summed E-state index contributed by atoms with van der Waals surface area (Å²) < 4.78 is 59.8. The van der Waals surface area contributed by atoms with E-state index < -0.39 is 48.0 Å². The number of hydrogen-bond acceptors (Lipinski definition) is 4. The smallest absolute Gasteiger partial charge is 0.402 e. The Morgan fingerprint density at radius 1 is 1.35 bits per heavy atom. The quantitative estimate of drug-likeness (QED) is 0.468. The van der Waals surface area contributed by atoms with Crippen LogP contribution in [0, 0.1) is 0 Å². The summed E-state index contributed by atoms with van der Waals surface area (Å²) in [6, 6.07) is -1.69. The summed E-state index contributed by atoms with van der Waals surface area (Å²) in [4.78, 5) is 10.5. The lowest BCUT2D eigenvalue weighted by molar-refractivity contribution is -0.139. The van der Waals surface area contributed by atoms with E-state index in [2.05, 4.69) is 0 Å². The van der Waals surface area contributed by atoms with E-state index in [9.17, 15) is 26.4 Å². The summed E-state index contributed by atoms with van der Waals surface area (Å²) in [6.45, 7) is -2.44. The fourth-order valence-electron chi connectivity index (χ4n) is 0.768. The topological polar surface area (TPSA) is 116 Å². The highest BCUT2D eigenvalue weighted by Gasteiger charge is 2.31. The lowest BCUT2D eigenvalue weighted by Gasteiger charge is -2.14. The van der Waals surface area contributed by atoms with E-state index in [4.69, 9.17) is 10.2 Å². The molecule has 7 nitrogen and oxygen atoms in total. The van der Waals surface area contributed by atoms with Crippen molar-refractivity contribution in [3.05, 3.63) is 0 Å². The van der Waals surface area contributed by atoms with Gasteiger partial charge in [0.15, 0.2) is 0 Å². The second-order valence-corrected chi connectivity index (χ2v) is 4.49. The molecule has 0 radical (unpaired) electrons. The van der Waals surface area contributed by atoms with E-state index in [1.165, 1.54) is 4.72 Å². The molecule has 0 spiro atoms. The predicted octanol–water partition coefficient (Wildman–Crippen LogP) is -1.19. The standard InChI is InChI=1S/C6H11F3N2O5S/c7-6(8,9)3-10-17(15,16)11-4(1-2-12)5(13)14/h4,10-12H,1-3H2,(H,13,14). The lowest BCUT2D eigenvalue weighted by Crippen LogP contribution is -2.48. The summed E-state index contributed by atoms with van der Waals surface area (Å²) in [5, 5.41) is 17.0. The normalized spacial score (nSPS) is 14.6. The number of halogens is 3. The van der Waals surface area contributed by atoms with Crippen LogP contribution < -0.4 is 9.44 Å². The number of aliphatic hydroxyl groups is 1. The van der Waals surface area contributed by atoms with Gasteiger partial charge in [0.05, 0.1) is 0 Å². The van der Waals surface area contributed by atoms with Crippen LogP contribution in [0.25, 0.3) is 0 Å². The molecule has 0 aromatic rings. The number of carbonyl (C=O) groups is 1. The van der Waals surface area contributed by atoms with E-state index in [-0.39, 0.29) is 0 Å². The maximum Gasteiger partial charge on any atom is 0.402 e. The second-order valence-electron chi connectivity index (χ2n) is 2.96. The van der Waals surface area contributed by atoms with E-state index in [1.54, 1.807) is 0 Å². The minimum absolute atomic E-state index is 0.456. The maximum absolute atomic E-state index is 11.7. The zero-order valence-corrected chi connectivity index (χ0v) is 9.18. The van der Waals surface area contributed by atoms with Gasteiger partial charge in [-0.25, -0.2) is 0 Å². The van der Waals surface area contributed by atoms with Gasteiger partial charge in [0.1, 0.15) is 12.6 Å². The third-order valence-corrected chi connectivity index (χ3v) is 2.60. The molecule has 0 bridgehead atoms. The van der Waals surface area contributed by atoms with Gasteiger partial charge in [0.25, 0.3) is 10.2 Å². The third kappa shape index (κ3) is 7.90. The highest BCUT2D eigenvalue weighted by atomic mass is 32.2. The van der Waals surface area contributed by atoms with Crippen LogP contribution >= 0.6 is 0 Å². The number of nitrogens with one attached hydrogen (secondary N) is 2. The average Bonchev–Trinajstić information content (AvgIpc) is 2.13. The van der Waals surface area contributed by atoms with Crippen molar-refractivity contribution in [1.29, 1.82) is 0 Å². The van der Waals surface area contributed by atoms with Crippen molar-refractivity contribution in [3.63, 3.8) is 0 Å². The molecular weight excluding hydrogens is 269 g/mol. The van der Waals surface area contributed by atoms with Crippen LogP contribution in [0.2, 0.25) is 0 Å². The second kappa shape index (κ2) is 6.14. The molecule has 0 aliphatic heterocycles. The van der Waals surface area contributed by atoms with Crippen LogP contribution in [0.3, 0.4) is 0 Å². The van der Waals surface area contributed by atoms with Crippen molar-refractivity contribution < 1.29 is 36.6 Å². The first-order valence-electron chi connectivity index (χ1n) is 4.25. The molecule has 1 atom stereocenters. The van der Waals surface area contributed by atoms with Crippen molar-refractivity contribution in [2.75, 3.05) is 13.2 Å². The van der Waals surface area contributed by atoms with Crippen molar-refractivity contribution in [3.8, 4) is 0 Å². The molecule has 0 saturated heterocycles. The molecule has 17 heavy (non-hydrogen) atoms. The molecule has 0 aromatic carbocycles. The van der Waals surface area contributed by atoms with Gasteiger partial charge in [0.2, 0.25) is 0 Å². The SMILES string of the molecule is O=C(O)C(CCO)NS(=O)(=O)NCC(F)(F)F. The minimum atomic E-state index is -4.75. The van der Waals surface area contributed by atoms with E-state index >= 15 is 0 Å². The number of carboxylic acid groups (broad SMARTS) is 1. The van der Waals surface area contributed by atoms with Crippen LogP contribution in [0.15, 0.2) is 0 Å². The zero-order valence-electron chi connectivity index (χ0n) is 8.36. The number of carboxylic acids is 1. The molecule has 0 fully saturated rings. The molecule has 102 valence electrons. The van der Waals surface area contributed by atoms with Gasteiger partial charge in [-0.15, -0.1) is 0 Å². The first kappa shape index (κ1) is 16.1. The van der Waals surface area contributed by atoms with E-state index in [0.717, 1.165) is 4.72 Å². The van der Waals surface area contributed by atoms with Crippen LogP contribution in [-0.4, -0.2) is 50.0 Å². The van der Waals surface area contributed by atoms with E-state index in [1.807, 2.05) is 0 Å².